The molecule has 1 aromatic rings. The molecule has 0 amide bonds. The molecule has 1 aliphatic carbocycles. The molecule has 0 aliphatic heterocycles. The van der Waals surface area contributed by atoms with Crippen LogP contribution in [0.5, 0.6) is 0 Å². The molecule has 0 spiro atoms. The van der Waals surface area contributed by atoms with Crippen molar-refractivity contribution in [3.8, 4) is 0 Å². The Kier molecular flexibility index (Phi) is 3.88. The molecule has 2 heteroatoms. The van der Waals surface area contributed by atoms with Crippen LogP contribution >= 0.6 is 11.6 Å². The molecular formula is C14H20ClN. The van der Waals surface area contributed by atoms with Crippen molar-refractivity contribution in [1.82, 2.24) is 5.32 Å². The summed E-state index contributed by atoms with van der Waals surface area (Å²) in [7, 11) is 0. The highest BCUT2D eigenvalue weighted by atomic mass is 35.5. The molecule has 0 heterocycles. The molecule has 2 rings (SSSR count). The van der Waals surface area contributed by atoms with Crippen LogP contribution in [0.15, 0.2) is 24.3 Å². The summed E-state index contributed by atoms with van der Waals surface area (Å²) in [5.41, 5.74) is 1.21. The maximum Gasteiger partial charge on any atom is 0.0453 e. The van der Waals surface area contributed by atoms with Crippen LogP contribution in [0.4, 0.5) is 0 Å². The Labute approximate surface area is 103 Å². The normalized spacial score (nSPS) is 26.9. The van der Waals surface area contributed by atoms with Gasteiger partial charge in [0.05, 0.1) is 0 Å². The summed E-state index contributed by atoms with van der Waals surface area (Å²) in [6.45, 7) is 4.53. The minimum Gasteiger partial charge on any atom is -0.307 e. The van der Waals surface area contributed by atoms with E-state index in [2.05, 4.69) is 31.3 Å². The molecule has 0 saturated heterocycles. The van der Waals surface area contributed by atoms with Crippen LogP contribution in [0.3, 0.4) is 0 Å². The summed E-state index contributed by atoms with van der Waals surface area (Å²) >= 11 is 6.19. The lowest BCUT2D eigenvalue weighted by atomic mass is 10.1. The van der Waals surface area contributed by atoms with Crippen LogP contribution in [-0.4, -0.2) is 6.04 Å². The van der Waals surface area contributed by atoms with E-state index < -0.39 is 0 Å². The second kappa shape index (κ2) is 5.20. The second-order valence-corrected chi connectivity index (χ2v) is 5.43. The van der Waals surface area contributed by atoms with Crippen molar-refractivity contribution in [2.75, 3.05) is 0 Å². The third-order valence-electron chi connectivity index (χ3n) is 3.55. The maximum atomic E-state index is 6.19. The first-order valence-electron chi connectivity index (χ1n) is 6.17. The Morgan fingerprint density at radius 2 is 2.06 bits per heavy atom. The van der Waals surface area contributed by atoms with Gasteiger partial charge in [-0.3, -0.25) is 0 Å². The highest BCUT2D eigenvalue weighted by Crippen LogP contribution is 2.28. The van der Waals surface area contributed by atoms with Gasteiger partial charge in [-0.2, -0.15) is 0 Å². The summed E-state index contributed by atoms with van der Waals surface area (Å²) in [5.74, 6) is 0.871. The number of hydrogen-bond donors (Lipinski definition) is 1. The predicted molar refractivity (Wildman–Crippen MR) is 69.8 cm³/mol. The topological polar surface area (TPSA) is 12.0 Å². The van der Waals surface area contributed by atoms with Gasteiger partial charge in [0, 0.05) is 17.1 Å². The molecule has 1 aromatic carbocycles. The first kappa shape index (κ1) is 11.9. The van der Waals surface area contributed by atoms with Gasteiger partial charge in [-0.25, -0.2) is 0 Å². The van der Waals surface area contributed by atoms with Crippen molar-refractivity contribution < 1.29 is 0 Å². The summed E-state index contributed by atoms with van der Waals surface area (Å²) in [6.07, 6.45) is 3.96. The molecule has 1 aliphatic rings. The van der Waals surface area contributed by atoms with E-state index in [1.165, 1.54) is 24.8 Å². The Morgan fingerprint density at radius 1 is 1.31 bits per heavy atom. The molecule has 1 fully saturated rings. The van der Waals surface area contributed by atoms with E-state index >= 15 is 0 Å². The molecule has 2 unspecified atom stereocenters. The molecule has 0 bridgehead atoms. The number of hydrogen-bond acceptors (Lipinski definition) is 1. The highest BCUT2D eigenvalue weighted by molar-refractivity contribution is 6.31. The lowest BCUT2D eigenvalue weighted by molar-refractivity contribution is 0.449. The van der Waals surface area contributed by atoms with Crippen LogP contribution in [0.25, 0.3) is 0 Å². The van der Waals surface area contributed by atoms with Crippen LogP contribution in [-0.2, 0) is 0 Å². The summed E-state index contributed by atoms with van der Waals surface area (Å²) in [4.78, 5) is 0. The van der Waals surface area contributed by atoms with Gasteiger partial charge in [0.1, 0.15) is 0 Å². The van der Waals surface area contributed by atoms with Crippen molar-refractivity contribution in [3.63, 3.8) is 0 Å². The molecule has 1 nitrogen and oxygen atoms in total. The van der Waals surface area contributed by atoms with Gasteiger partial charge in [-0.05, 0) is 43.7 Å². The first-order chi connectivity index (χ1) is 7.66. The summed E-state index contributed by atoms with van der Waals surface area (Å²) in [5, 5.41) is 4.55. The quantitative estimate of drug-likeness (QED) is 0.832. The zero-order chi connectivity index (χ0) is 11.5. The number of rotatable bonds is 3. The highest BCUT2D eigenvalue weighted by Gasteiger charge is 2.23. The Bertz CT molecular complexity index is 350. The van der Waals surface area contributed by atoms with Gasteiger partial charge in [0.2, 0.25) is 0 Å². The lowest BCUT2D eigenvalue weighted by Gasteiger charge is -2.20. The fourth-order valence-corrected chi connectivity index (χ4v) is 2.93. The van der Waals surface area contributed by atoms with Gasteiger partial charge in [-0.1, -0.05) is 36.7 Å². The first-order valence-corrected chi connectivity index (χ1v) is 6.55. The van der Waals surface area contributed by atoms with Gasteiger partial charge in [-0.15, -0.1) is 0 Å². The Morgan fingerprint density at radius 3 is 2.69 bits per heavy atom. The van der Waals surface area contributed by atoms with Gasteiger partial charge < -0.3 is 5.32 Å². The van der Waals surface area contributed by atoms with Gasteiger partial charge >= 0.3 is 0 Å². The van der Waals surface area contributed by atoms with E-state index in [9.17, 15) is 0 Å². The smallest absolute Gasteiger partial charge is 0.0453 e. The minimum absolute atomic E-state index is 0.351. The standard InChI is InChI=1S/C14H20ClN/c1-10-7-8-12(9-10)16-11(2)13-5-3-4-6-14(13)15/h3-6,10-12,16H,7-9H2,1-2H3/t10?,11-,12?/m1/s1. The van der Waals surface area contributed by atoms with E-state index in [1.54, 1.807) is 0 Å². The van der Waals surface area contributed by atoms with Gasteiger partial charge in [0.15, 0.2) is 0 Å². The maximum absolute atomic E-state index is 6.19. The monoisotopic (exact) mass is 237 g/mol. The van der Waals surface area contributed by atoms with E-state index in [1.807, 2.05) is 12.1 Å². The average molecular weight is 238 g/mol. The van der Waals surface area contributed by atoms with Gasteiger partial charge in [0.25, 0.3) is 0 Å². The van der Waals surface area contributed by atoms with Crippen LogP contribution < -0.4 is 5.32 Å². The Balaban J connectivity index is 1.98. The van der Waals surface area contributed by atoms with Crippen LogP contribution in [0.2, 0.25) is 5.02 Å². The number of halogens is 1. The molecule has 0 radical (unpaired) electrons. The molecule has 3 atom stereocenters. The van der Waals surface area contributed by atoms with Crippen LogP contribution in [0, 0.1) is 5.92 Å². The third-order valence-corrected chi connectivity index (χ3v) is 3.90. The van der Waals surface area contributed by atoms with E-state index in [4.69, 9.17) is 11.6 Å². The van der Waals surface area contributed by atoms with E-state index in [0.29, 0.717) is 12.1 Å². The second-order valence-electron chi connectivity index (χ2n) is 5.03. The van der Waals surface area contributed by atoms with Crippen molar-refractivity contribution in [2.45, 2.75) is 45.2 Å². The van der Waals surface area contributed by atoms with E-state index in [0.717, 1.165) is 10.9 Å². The number of benzene rings is 1. The molecule has 16 heavy (non-hydrogen) atoms. The average Bonchev–Trinajstić information content (AvgIpc) is 2.64. The molecule has 88 valence electrons. The lowest BCUT2D eigenvalue weighted by Crippen LogP contribution is -2.29. The Hall–Kier alpha value is -0.530. The van der Waals surface area contributed by atoms with Crippen molar-refractivity contribution in [1.29, 1.82) is 0 Å². The molecule has 1 N–H and O–H groups in total. The van der Waals surface area contributed by atoms with Crippen molar-refractivity contribution >= 4 is 11.6 Å². The zero-order valence-electron chi connectivity index (χ0n) is 10.0. The predicted octanol–water partition coefficient (Wildman–Crippen LogP) is 4.18. The fraction of sp³-hybridized carbons (Fsp3) is 0.571. The van der Waals surface area contributed by atoms with Crippen molar-refractivity contribution in [3.05, 3.63) is 34.9 Å². The molecule has 1 saturated carbocycles. The van der Waals surface area contributed by atoms with Crippen LogP contribution in [0.1, 0.15) is 44.7 Å². The van der Waals surface area contributed by atoms with E-state index in [-0.39, 0.29) is 0 Å². The fourth-order valence-electron chi connectivity index (χ4n) is 2.63. The summed E-state index contributed by atoms with van der Waals surface area (Å²) < 4.78 is 0. The number of nitrogens with one attached hydrogen (secondary N) is 1. The third kappa shape index (κ3) is 2.78. The summed E-state index contributed by atoms with van der Waals surface area (Å²) in [6, 6.07) is 9.13. The zero-order valence-corrected chi connectivity index (χ0v) is 10.8. The largest absolute Gasteiger partial charge is 0.307 e. The SMILES string of the molecule is CC1CCC(N[C@H](C)c2ccccc2Cl)C1. The molecule has 0 aromatic heterocycles. The minimum atomic E-state index is 0.351. The molecular weight excluding hydrogens is 218 g/mol. The van der Waals surface area contributed by atoms with Crippen molar-refractivity contribution in [2.24, 2.45) is 5.92 Å².